The van der Waals surface area contributed by atoms with Crippen molar-refractivity contribution in [2.75, 3.05) is 40.5 Å². The molecule has 0 unspecified atom stereocenters. The third kappa shape index (κ3) is 7.74. The van der Waals surface area contributed by atoms with E-state index in [9.17, 15) is 18.0 Å². The Hall–Kier alpha value is -1.80. The van der Waals surface area contributed by atoms with Crippen molar-refractivity contribution in [2.24, 2.45) is 0 Å². The first-order valence-electron chi connectivity index (χ1n) is 7.87. The van der Waals surface area contributed by atoms with Crippen LogP contribution in [0.4, 0.5) is 13.2 Å². The molecule has 1 aromatic carbocycles. The average molecular weight is 362 g/mol. The Bertz CT molecular complexity index is 554. The van der Waals surface area contributed by atoms with Gasteiger partial charge in [-0.05, 0) is 30.5 Å². The summed E-state index contributed by atoms with van der Waals surface area (Å²) >= 11 is 0. The summed E-state index contributed by atoms with van der Waals surface area (Å²) in [7, 11) is 3.27. The van der Waals surface area contributed by atoms with Gasteiger partial charge in [-0.2, -0.15) is 13.2 Å². The third-order valence-electron chi connectivity index (χ3n) is 3.50. The second-order valence-electron chi connectivity index (χ2n) is 5.88. The van der Waals surface area contributed by atoms with Crippen molar-refractivity contribution in [3.63, 3.8) is 0 Å². The topological polar surface area (TPSA) is 50.8 Å². The number of hydrogen-bond donors (Lipinski definition) is 1. The lowest BCUT2D eigenvalue weighted by Crippen LogP contribution is -2.36. The number of amides is 1. The molecule has 0 saturated heterocycles. The molecule has 0 aromatic heterocycles. The zero-order valence-corrected chi connectivity index (χ0v) is 15.0. The summed E-state index contributed by atoms with van der Waals surface area (Å²) in [6.07, 6.45) is -4.37. The molecule has 1 amide bonds. The Morgan fingerprint density at radius 1 is 1.24 bits per heavy atom. The highest BCUT2D eigenvalue weighted by Gasteiger charge is 2.29. The van der Waals surface area contributed by atoms with Gasteiger partial charge in [0.2, 0.25) is 5.91 Å². The van der Waals surface area contributed by atoms with Crippen molar-refractivity contribution >= 4 is 5.91 Å². The Balaban J connectivity index is 2.66. The number of nitrogens with zero attached hydrogens (tertiary/aromatic N) is 1. The maximum absolute atomic E-state index is 12.3. The third-order valence-corrected chi connectivity index (χ3v) is 3.50. The highest BCUT2D eigenvalue weighted by atomic mass is 19.4. The second kappa shape index (κ2) is 9.62. The molecule has 1 aromatic rings. The average Bonchev–Trinajstić information content (AvgIpc) is 2.49. The van der Waals surface area contributed by atoms with Gasteiger partial charge in [-0.3, -0.25) is 4.79 Å². The summed E-state index contributed by atoms with van der Waals surface area (Å²) in [6.45, 7) is 3.73. The van der Waals surface area contributed by atoms with Crippen molar-refractivity contribution in [2.45, 2.75) is 26.6 Å². The van der Waals surface area contributed by atoms with Crippen LogP contribution in [-0.4, -0.2) is 57.4 Å². The molecule has 25 heavy (non-hydrogen) atoms. The predicted octanol–water partition coefficient (Wildman–Crippen LogP) is 2.44. The van der Waals surface area contributed by atoms with Gasteiger partial charge in [0.05, 0.1) is 13.2 Å². The molecule has 0 atom stereocenters. The Morgan fingerprint density at radius 3 is 2.36 bits per heavy atom. The normalized spacial score (nSPS) is 11.5. The molecule has 0 bridgehead atoms. The van der Waals surface area contributed by atoms with Crippen LogP contribution in [0, 0.1) is 13.8 Å². The van der Waals surface area contributed by atoms with E-state index in [1.807, 2.05) is 0 Å². The highest BCUT2D eigenvalue weighted by Crippen LogP contribution is 2.27. The van der Waals surface area contributed by atoms with Crippen LogP contribution in [0.3, 0.4) is 0 Å². The summed E-state index contributed by atoms with van der Waals surface area (Å²) < 4.78 is 46.7. The number of halogens is 3. The molecule has 0 heterocycles. The molecular weight excluding hydrogens is 337 g/mol. The molecule has 0 radical (unpaired) electrons. The number of methoxy groups -OCH3 is 1. The number of nitrogens with one attached hydrogen (secondary N) is 1. The number of benzene rings is 1. The first-order valence-corrected chi connectivity index (χ1v) is 7.87. The minimum atomic E-state index is -4.37. The van der Waals surface area contributed by atoms with Gasteiger partial charge in [0.15, 0.2) is 6.61 Å². The maximum Gasteiger partial charge on any atom is 0.422 e. The van der Waals surface area contributed by atoms with Gasteiger partial charge in [-0.1, -0.05) is 12.1 Å². The van der Waals surface area contributed by atoms with E-state index >= 15 is 0 Å². The van der Waals surface area contributed by atoms with Crippen molar-refractivity contribution in [1.82, 2.24) is 10.2 Å². The lowest BCUT2D eigenvalue weighted by molar-refractivity contribution is -0.153. The minimum absolute atomic E-state index is 0.0798. The summed E-state index contributed by atoms with van der Waals surface area (Å²) in [6, 6.07) is 3.47. The van der Waals surface area contributed by atoms with Gasteiger partial charge in [0, 0.05) is 27.2 Å². The van der Waals surface area contributed by atoms with Gasteiger partial charge in [0.25, 0.3) is 0 Å². The fourth-order valence-electron chi connectivity index (χ4n) is 2.38. The molecule has 142 valence electrons. The van der Waals surface area contributed by atoms with Crippen molar-refractivity contribution in [3.05, 3.63) is 28.8 Å². The quantitative estimate of drug-likeness (QED) is 0.686. The van der Waals surface area contributed by atoms with Crippen LogP contribution in [-0.2, 0) is 16.1 Å². The van der Waals surface area contributed by atoms with Gasteiger partial charge in [-0.15, -0.1) is 0 Å². The van der Waals surface area contributed by atoms with E-state index in [0.717, 1.165) is 5.56 Å². The first-order chi connectivity index (χ1) is 11.6. The zero-order valence-electron chi connectivity index (χ0n) is 15.0. The van der Waals surface area contributed by atoms with Gasteiger partial charge >= 0.3 is 6.18 Å². The van der Waals surface area contributed by atoms with Crippen LogP contribution >= 0.6 is 0 Å². The molecule has 8 heteroatoms. The number of hydrogen-bond acceptors (Lipinski definition) is 4. The number of alkyl halides is 3. The monoisotopic (exact) mass is 362 g/mol. The van der Waals surface area contributed by atoms with Gasteiger partial charge in [-0.25, -0.2) is 0 Å². The lowest BCUT2D eigenvalue weighted by atomic mass is 10.1. The molecule has 1 N–H and O–H groups in total. The predicted molar refractivity (Wildman–Crippen MR) is 88.7 cm³/mol. The number of aryl methyl sites for hydroxylation is 2. The number of carbonyl (C=O) groups is 1. The highest BCUT2D eigenvalue weighted by molar-refractivity contribution is 5.78. The number of ether oxygens (including phenoxy) is 2. The molecule has 0 aliphatic carbocycles. The Labute approximate surface area is 146 Å². The van der Waals surface area contributed by atoms with E-state index in [0.29, 0.717) is 30.8 Å². The van der Waals surface area contributed by atoms with Crippen molar-refractivity contribution in [1.29, 1.82) is 0 Å². The largest absolute Gasteiger partial charge is 0.484 e. The number of rotatable bonds is 9. The number of likely N-dealkylation sites (N-methyl/N-ethyl adjacent to an activating group) is 1. The molecular formula is C17H25F3N2O3. The molecule has 0 aliphatic heterocycles. The molecule has 0 aliphatic rings. The summed E-state index contributed by atoms with van der Waals surface area (Å²) in [4.78, 5) is 13.6. The maximum atomic E-state index is 12.3. The molecule has 0 spiro atoms. The molecule has 0 saturated carbocycles. The number of carbonyl (C=O) groups excluding carboxylic acids is 1. The van der Waals surface area contributed by atoms with E-state index in [1.165, 1.54) is 0 Å². The molecule has 1 rings (SSSR count). The van der Waals surface area contributed by atoms with Crippen molar-refractivity contribution in [3.8, 4) is 5.75 Å². The van der Waals surface area contributed by atoms with E-state index in [2.05, 4.69) is 5.32 Å². The van der Waals surface area contributed by atoms with Crippen LogP contribution < -0.4 is 10.1 Å². The standard InChI is InChI=1S/C17H25F3N2O3/c1-12-7-14(8-13(2)16(12)25-11-17(18,19)20)10-22(3)15(23)9-21-5-6-24-4/h7-8,21H,5-6,9-11H2,1-4H3. The molecule has 0 fully saturated rings. The van der Waals surface area contributed by atoms with Crippen molar-refractivity contribution < 1.29 is 27.4 Å². The van der Waals surface area contributed by atoms with Crippen LogP contribution in [0.5, 0.6) is 5.75 Å². The fourth-order valence-corrected chi connectivity index (χ4v) is 2.38. The second-order valence-corrected chi connectivity index (χ2v) is 5.88. The van der Waals surface area contributed by atoms with Gasteiger partial charge in [0.1, 0.15) is 5.75 Å². The van der Waals surface area contributed by atoms with Crippen LogP contribution in [0.1, 0.15) is 16.7 Å². The van der Waals surface area contributed by atoms with Crippen LogP contribution in [0.25, 0.3) is 0 Å². The van der Waals surface area contributed by atoms with Gasteiger partial charge < -0.3 is 19.7 Å². The smallest absolute Gasteiger partial charge is 0.422 e. The van der Waals surface area contributed by atoms with E-state index in [-0.39, 0.29) is 18.2 Å². The summed E-state index contributed by atoms with van der Waals surface area (Å²) in [5, 5.41) is 2.97. The summed E-state index contributed by atoms with van der Waals surface area (Å²) in [5.41, 5.74) is 2.05. The summed E-state index contributed by atoms with van der Waals surface area (Å²) in [5.74, 6) is 0.153. The minimum Gasteiger partial charge on any atom is -0.484 e. The Morgan fingerprint density at radius 2 is 1.84 bits per heavy atom. The fraction of sp³-hybridized carbons (Fsp3) is 0.588. The lowest BCUT2D eigenvalue weighted by Gasteiger charge is -2.20. The van der Waals surface area contributed by atoms with E-state index < -0.39 is 12.8 Å². The first kappa shape index (κ1) is 21.2. The van der Waals surface area contributed by atoms with Crippen LogP contribution in [0.2, 0.25) is 0 Å². The zero-order chi connectivity index (χ0) is 19.0. The Kier molecular flexibility index (Phi) is 8.18. The SMILES string of the molecule is COCCNCC(=O)N(C)Cc1cc(C)c(OCC(F)(F)F)c(C)c1. The van der Waals surface area contributed by atoms with Crippen LogP contribution in [0.15, 0.2) is 12.1 Å². The molecule has 5 nitrogen and oxygen atoms in total. The van der Waals surface area contributed by atoms with E-state index in [1.54, 1.807) is 45.0 Å². The van der Waals surface area contributed by atoms with E-state index in [4.69, 9.17) is 9.47 Å².